The molecule has 0 aliphatic carbocycles. The van der Waals surface area contributed by atoms with Gasteiger partial charge in [0.15, 0.2) is 0 Å². The smallest absolute Gasteiger partial charge is 0.240 e. The number of carbonyl (C=O) groups is 1. The number of amides is 1. The molecular weight excluding hydrogens is 424 g/mol. The van der Waals surface area contributed by atoms with Crippen LogP contribution in [0.4, 0.5) is 0 Å². The average Bonchev–Trinajstić information content (AvgIpc) is 2.83. The Morgan fingerprint density at radius 1 is 0.812 bits per heavy atom. The van der Waals surface area contributed by atoms with Gasteiger partial charge in [0.25, 0.3) is 0 Å². The first-order valence-electron chi connectivity index (χ1n) is 10.5. The van der Waals surface area contributed by atoms with Crippen molar-refractivity contribution in [3.63, 3.8) is 0 Å². The van der Waals surface area contributed by atoms with E-state index in [0.717, 1.165) is 28.9 Å². The van der Waals surface area contributed by atoms with Gasteiger partial charge in [-0.1, -0.05) is 54.6 Å². The van der Waals surface area contributed by atoms with Gasteiger partial charge in [0, 0.05) is 19.5 Å². The number of ether oxygens (including phenoxy) is 1. The number of methoxy groups -OCH3 is 1. The van der Waals surface area contributed by atoms with Crippen molar-refractivity contribution < 1.29 is 17.9 Å². The van der Waals surface area contributed by atoms with Crippen molar-refractivity contribution in [2.24, 2.45) is 0 Å². The number of benzene rings is 3. The summed E-state index contributed by atoms with van der Waals surface area (Å²) in [5.74, 6) is 0.781. The molecular formula is C25H28N2O4S. The molecule has 0 fully saturated rings. The van der Waals surface area contributed by atoms with E-state index in [-0.39, 0.29) is 17.3 Å². The van der Waals surface area contributed by atoms with Crippen LogP contribution in [0.3, 0.4) is 0 Å². The summed E-state index contributed by atoms with van der Waals surface area (Å²) < 4.78 is 32.7. The highest BCUT2D eigenvalue weighted by molar-refractivity contribution is 7.89. The van der Waals surface area contributed by atoms with Gasteiger partial charge in [0.1, 0.15) is 5.75 Å². The van der Waals surface area contributed by atoms with E-state index in [1.54, 1.807) is 31.4 Å². The Hall–Kier alpha value is -3.16. The van der Waals surface area contributed by atoms with E-state index in [1.165, 1.54) is 0 Å². The van der Waals surface area contributed by atoms with Crippen molar-refractivity contribution in [1.82, 2.24) is 10.0 Å². The van der Waals surface area contributed by atoms with Gasteiger partial charge in [0.05, 0.1) is 12.0 Å². The molecule has 0 saturated carbocycles. The maximum atomic E-state index is 12.5. The van der Waals surface area contributed by atoms with Crippen LogP contribution in [-0.4, -0.2) is 28.0 Å². The zero-order valence-corrected chi connectivity index (χ0v) is 18.9. The third kappa shape index (κ3) is 7.21. The molecule has 3 rings (SSSR count). The molecule has 0 heterocycles. The van der Waals surface area contributed by atoms with Crippen LogP contribution < -0.4 is 14.8 Å². The van der Waals surface area contributed by atoms with Crippen LogP contribution in [0, 0.1) is 0 Å². The number of carbonyl (C=O) groups excluding carboxylic acids is 1. The fourth-order valence-corrected chi connectivity index (χ4v) is 4.20. The summed E-state index contributed by atoms with van der Waals surface area (Å²) in [6, 6.07) is 23.8. The molecule has 3 aromatic rings. The Morgan fingerprint density at radius 3 is 2.09 bits per heavy atom. The first-order chi connectivity index (χ1) is 15.5. The van der Waals surface area contributed by atoms with Crippen LogP contribution in [0.25, 0.3) is 0 Å². The first kappa shape index (κ1) is 23.5. The van der Waals surface area contributed by atoms with Gasteiger partial charge >= 0.3 is 0 Å². The lowest BCUT2D eigenvalue weighted by Gasteiger charge is -2.09. The molecule has 0 aliphatic heterocycles. The number of nitrogens with one attached hydrogen (secondary N) is 2. The van der Waals surface area contributed by atoms with Gasteiger partial charge in [-0.3, -0.25) is 4.79 Å². The zero-order valence-electron chi connectivity index (χ0n) is 18.1. The fourth-order valence-electron chi connectivity index (χ4n) is 3.18. The van der Waals surface area contributed by atoms with Crippen molar-refractivity contribution in [2.45, 2.75) is 30.7 Å². The molecule has 2 N–H and O–H groups in total. The van der Waals surface area contributed by atoms with Crippen LogP contribution in [-0.2, 0) is 34.2 Å². The normalized spacial score (nSPS) is 11.2. The highest BCUT2D eigenvalue weighted by Gasteiger charge is 2.13. The molecule has 3 aromatic carbocycles. The lowest BCUT2D eigenvalue weighted by Crippen LogP contribution is -2.25. The molecule has 0 radical (unpaired) electrons. The summed E-state index contributed by atoms with van der Waals surface area (Å²) in [6.07, 6.45) is 1.64. The summed E-state index contributed by atoms with van der Waals surface area (Å²) in [5, 5.41) is 2.92. The van der Waals surface area contributed by atoms with Gasteiger partial charge in [0.2, 0.25) is 15.9 Å². The highest BCUT2D eigenvalue weighted by Crippen LogP contribution is 2.13. The topological polar surface area (TPSA) is 84.5 Å². The highest BCUT2D eigenvalue weighted by atomic mass is 32.2. The number of hydrogen-bond donors (Lipinski definition) is 2. The summed E-state index contributed by atoms with van der Waals surface area (Å²) in [7, 11) is -1.96. The Labute approximate surface area is 189 Å². The Bertz CT molecular complexity index is 1100. The van der Waals surface area contributed by atoms with Crippen molar-refractivity contribution in [2.75, 3.05) is 13.7 Å². The zero-order chi connectivity index (χ0) is 22.8. The van der Waals surface area contributed by atoms with E-state index < -0.39 is 10.0 Å². The van der Waals surface area contributed by atoms with E-state index in [0.29, 0.717) is 19.4 Å². The molecule has 0 saturated heterocycles. The predicted octanol–water partition coefficient (Wildman–Crippen LogP) is 3.47. The van der Waals surface area contributed by atoms with Gasteiger partial charge in [-0.2, -0.15) is 0 Å². The standard InChI is InChI=1S/C25H28N2O4S/c1-31-23-12-7-21(8-13-23)17-18-26-25(28)16-11-20-9-14-24(15-10-20)32(29,30)27-19-22-5-3-2-4-6-22/h2-10,12-15,27H,11,16-19H2,1H3,(H,26,28). The summed E-state index contributed by atoms with van der Waals surface area (Å²) in [5.41, 5.74) is 2.94. The molecule has 0 atom stereocenters. The van der Waals surface area contributed by atoms with Crippen molar-refractivity contribution in [3.8, 4) is 5.75 Å². The van der Waals surface area contributed by atoms with Crippen LogP contribution in [0.1, 0.15) is 23.1 Å². The van der Waals surface area contributed by atoms with Gasteiger partial charge in [-0.15, -0.1) is 0 Å². The second-order valence-electron chi connectivity index (χ2n) is 7.40. The monoisotopic (exact) mass is 452 g/mol. The van der Waals surface area contributed by atoms with Crippen molar-refractivity contribution in [3.05, 3.63) is 95.6 Å². The number of sulfonamides is 1. The molecule has 0 aliphatic rings. The summed E-state index contributed by atoms with van der Waals surface area (Å²) in [4.78, 5) is 12.3. The van der Waals surface area contributed by atoms with E-state index in [9.17, 15) is 13.2 Å². The maximum Gasteiger partial charge on any atom is 0.240 e. The first-order valence-corrected chi connectivity index (χ1v) is 12.0. The Morgan fingerprint density at radius 2 is 1.44 bits per heavy atom. The van der Waals surface area contributed by atoms with E-state index in [2.05, 4.69) is 10.0 Å². The Kier molecular flexibility index (Phi) is 8.41. The third-order valence-electron chi connectivity index (χ3n) is 5.08. The van der Waals surface area contributed by atoms with Crippen LogP contribution in [0.5, 0.6) is 5.75 Å². The minimum atomic E-state index is -3.59. The molecule has 0 spiro atoms. The Balaban J connectivity index is 1.42. The molecule has 7 heteroatoms. The van der Waals surface area contributed by atoms with Crippen molar-refractivity contribution >= 4 is 15.9 Å². The van der Waals surface area contributed by atoms with Crippen molar-refractivity contribution in [1.29, 1.82) is 0 Å². The lowest BCUT2D eigenvalue weighted by atomic mass is 10.1. The lowest BCUT2D eigenvalue weighted by molar-refractivity contribution is -0.121. The predicted molar refractivity (Wildman–Crippen MR) is 125 cm³/mol. The second kappa shape index (κ2) is 11.5. The minimum Gasteiger partial charge on any atom is -0.497 e. The minimum absolute atomic E-state index is 0.0280. The number of hydrogen-bond acceptors (Lipinski definition) is 4. The summed E-state index contributed by atoms with van der Waals surface area (Å²) >= 11 is 0. The largest absolute Gasteiger partial charge is 0.497 e. The molecule has 6 nitrogen and oxygen atoms in total. The maximum absolute atomic E-state index is 12.5. The second-order valence-corrected chi connectivity index (χ2v) is 9.17. The third-order valence-corrected chi connectivity index (χ3v) is 6.50. The molecule has 1 amide bonds. The van der Waals surface area contributed by atoms with Crippen LogP contribution in [0.2, 0.25) is 0 Å². The van der Waals surface area contributed by atoms with Gasteiger partial charge in [-0.05, 0) is 53.8 Å². The quantitative estimate of drug-likeness (QED) is 0.467. The molecule has 32 heavy (non-hydrogen) atoms. The number of aryl methyl sites for hydroxylation is 1. The van der Waals surface area contributed by atoms with Gasteiger partial charge in [-0.25, -0.2) is 13.1 Å². The van der Waals surface area contributed by atoms with Crippen LogP contribution in [0.15, 0.2) is 83.8 Å². The average molecular weight is 453 g/mol. The molecule has 0 aromatic heterocycles. The number of rotatable bonds is 11. The fraction of sp³-hybridized carbons (Fsp3) is 0.240. The van der Waals surface area contributed by atoms with E-state index in [1.807, 2.05) is 54.6 Å². The molecule has 168 valence electrons. The van der Waals surface area contributed by atoms with Gasteiger partial charge < -0.3 is 10.1 Å². The molecule has 0 unspecified atom stereocenters. The SMILES string of the molecule is COc1ccc(CCNC(=O)CCc2ccc(S(=O)(=O)NCc3ccccc3)cc2)cc1. The summed E-state index contributed by atoms with van der Waals surface area (Å²) in [6.45, 7) is 0.803. The van der Waals surface area contributed by atoms with Crippen LogP contribution >= 0.6 is 0 Å². The van der Waals surface area contributed by atoms with E-state index in [4.69, 9.17) is 4.74 Å². The van der Waals surface area contributed by atoms with E-state index >= 15 is 0 Å². The molecule has 0 bridgehead atoms.